The van der Waals surface area contributed by atoms with Gasteiger partial charge in [-0.25, -0.2) is 9.37 Å². The smallest absolute Gasteiger partial charge is 0.229 e. The van der Waals surface area contributed by atoms with E-state index in [1.54, 1.807) is 24.1 Å². The Morgan fingerprint density at radius 1 is 1.36 bits per heavy atom. The lowest BCUT2D eigenvalue weighted by Gasteiger charge is -2.27. The molecule has 2 aromatic rings. The van der Waals surface area contributed by atoms with Crippen molar-refractivity contribution in [2.75, 3.05) is 10.6 Å². The Hall–Kier alpha value is -2.97. The van der Waals surface area contributed by atoms with E-state index in [9.17, 15) is 9.18 Å². The van der Waals surface area contributed by atoms with Gasteiger partial charge in [0.05, 0.1) is 24.0 Å². The number of aryl methyl sites for hydroxylation is 1. The summed E-state index contributed by atoms with van der Waals surface area (Å²) < 4.78 is 15.8. The van der Waals surface area contributed by atoms with Crippen molar-refractivity contribution < 1.29 is 9.18 Å². The number of allylic oxidation sites excluding steroid dienone is 1. The number of fused-ring (bicyclic) bond motifs is 2. The molecule has 9 heteroatoms. The van der Waals surface area contributed by atoms with Gasteiger partial charge in [-0.05, 0) is 18.3 Å². The van der Waals surface area contributed by atoms with Crippen LogP contribution in [0.4, 0.5) is 21.8 Å². The number of rotatable bonds is 5. The molecule has 0 unspecified atom stereocenters. The number of anilines is 3. The molecule has 0 saturated heterocycles. The highest BCUT2D eigenvalue weighted by Crippen LogP contribution is 2.44. The number of hydrogen-bond acceptors (Lipinski definition) is 6. The van der Waals surface area contributed by atoms with Crippen molar-refractivity contribution in [3.63, 3.8) is 0 Å². The van der Waals surface area contributed by atoms with Gasteiger partial charge in [0, 0.05) is 19.3 Å². The Bertz CT molecular complexity index is 849. The Morgan fingerprint density at radius 2 is 2.16 bits per heavy atom. The van der Waals surface area contributed by atoms with Crippen LogP contribution in [-0.4, -0.2) is 31.7 Å². The van der Waals surface area contributed by atoms with Gasteiger partial charge in [-0.2, -0.15) is 10.1 Å². The standard InChI is InChI=1S/C16H18FN7O/c1-24-7-10(5-20-24)21-16-19-6-11(17)15(23-16)22-13-9-3-2-8(4-9)12(13)14(18)25/h2-3,5-9,12-13H,4H2,1H3,(H2,18,25)(H2,19,21,22,23)/t8-,9+,12+,13-/m0/s1. The largest absolute Gasteiger partial charge is 0.369 e. The van der Waals surface area contributed by atoms with Gasteiger partial charge < -0.3 is 16.4 Å². The van der Waals surface area contributed by atoms with Crippen LogP contribution >= 0.6 is 0 Å². The summed E-state index contributed by atoms with van der Waals surface area (Å²) in [7, 11) is 1.79. The van der Waals surface area contributed by atoms with Crippen LogP contribution in [0, 0.1) is 23.6 Å². The molecule has 0 radical (unpaired) electrons. The molecule has 1 amide bonds. The second-order valence-corrected chi connectivity index (χ2v) is 6.46. The van der Waals surface area contributed by atoms with Crippen LogP contribution in [0.5, 0.6) is 0 Å². The fourth-order valence-electron chi connectivity index (χ4n) is 3.71. The summed E-state index contributed by atoms with van der Waals surface area (Å²) in [5.41, 5.74) is 6.23. The molecule has 2 bridgehead atoms. The predicted molar refractivity (Wildman–Crippen MR) is 89.3 cm³/mol. The van der Waals surface area contributed by atoms with Gasteiger partial charge >= 0.3 is 0 Å². The first-order valence-corrected chi connectivity index (χ1v) is 8.03. The van der Waals surface area contributed by atoms with Gasteiger partial charge in [0.1, 0.15) is 0 Å². The first-order chi connectivity index (χ1) is 12.0. The van der Waals surface area contributed by atoms with Crippen molar-refractivity contribution >= 4 is 23.4 Å². The molecule has 130 valence electrons. The molecule has 4 rings (SSSR count). The average Bonchev–Trinajstić information content (AvgIpc) is 3.26. The fraction of sp³-hybridized carbons (Fsp3) is 0.375. The fourth-order valence-corrected chi connectivity index (χ4v) is 3.71. The number of amides is 1. The SMILES string of the molecule is Cn1cc(Nc2ncc(F)c(N[C@@H]3[C@H](C(N)=O)[C@H]4C=C[C@@H]3C4)n2)cn1. The highest BCUT2D eigenvalue weighted by molar-refractivity contribution is 5.79. The minimum Gasteiger partial charge on any atom is -0.369 e. The number of nitrogens with one attached hydrogen (secondary N) is 2. The number of nitrogens with zero attached hydrogens (tertiary/aromatic N) is 4. The molecule has 2 aliphatic carbocycles. The maximum absolute atomic E-state index is 14.2. The molecule has 2 aliphatic rings. The highest BCUT2D eigenvalue weighted by atomic mass is 19.1. The minimum absolute atomic E-state index is 0.0543. The van der Waals surface area contributed by atoms with Crippen molar-refractivity contribution in [3.05, 3.63) is 36.6 Å². The summed E-state index contributed by atoms with van der Waals surface area (Å²) >= 11 is 0. The van der Waals surface area contributed by atoms with Crippen molar-refractivity contribution in [3.8, 4) is 0 Å². The Morgan fingerprint density at radius 3 is 2.88 bits per heavy atom. The Kier molecular flexibility index (Phi) is 3.63. The number of hydrogen-bond donors (Lipinski definition) is 3. The van der Waals surface area contributed by atoms with E-state index in [4.69, 9.17) is 5.73 Å². The molecule has 2 aromatic heterocycles. The number of nitrogens with two attached hydrogens (primary N) is 1. The van der Waals surface area contributed by atoms with Crippen LogP contribution in [0.25, 0.3) is 0 Å². The van der Waals surface area contributed by atoms with Crippen LogP contribution in [0.3, 0.4) is 0 Å². The number of halogens is 1. The lowest BCUT2D eigenvalue weighted by Crippen LogP contribution is -2.41. The van der Waals surface area contributed by atoms with Crippen LogP contribution < -0.4 is 16.4 Å². The van der Waals surface area contributed by atoms with E-state index >= 15 is 0 Å². The molecule has 0 spiro atoms. The molecule has 0 aromatic carbocycles. The van der Waals surface area contributed by atoms with E-state index in [1.807, 2.05) is 6.08 Å². The number of carbonyl (C=O) groups is 1. The predicted octanol–water partition coefficient (Wildman–Crippen LogP) is 1.18. The van der Waals surface area contributed by atoms with E-state index in [-0.39, 0.29) is 41.5 Å². The van der Waals surface area contributed by atoms with Crippen molar-refractivity contribution in [1.29, 1.82) is 0 Å². The minimum atomic E-state index is -0.577. The van der Waals surface area contributed by atoms with Crippen molar-refractivity contribution in [1.82, 2.24) is 19.7 Å². The summed E-state index contributed by atoms with van der Waals surface area (Å²) in [4.78, 5) is 19.9. The zero-order valence-electron chi connectivity index (χ0n) is 13.6. The first-order valence-electron chi connectivity index (χ1n) is 8.03. The summed E-state index contributed by atoms with van der Waals surface area (Å²) in [6, 6.07) is -0.261. The average molecular weight is 343 g/mol. The van der Waals surface area contributed by atoms with Gasteiger partial charge in [-0.15, -0.1) is 0 Å². The number of carbonyl (C=O) groups excluding carboxylic acids is 1. The van der Waals surface area contributed by atoms with Crippen LogP contribution in [0.15, 0.2) is 30.7 Å². The zero-order valence-corrected chi connectivity index (χ0v) is 13.6. The molecular formula is C16H18FN7O. The Balaban J connectivity index is 1.57. The lowest BCUT2D eigenvalue weighted by molar-refractivity contribution is -0.122. The van der Waals surface area contributed by atoms with Gasteiger partial charge in [-0.1, -0.05) is 12.2 Å². The molecule has 1 fully saturated rings. The number of primary amides is 1. The molecular weight excluding hydrogens is 325 g/mol. The summed E-state index contributed by atoms with van der Waals surface area (Å²) in [5.74, 6) is -0.766. The monoisotopic (exact) mass is 343 g/mol. The van der Waals surface area contributed by atoms with E-state index in [1.165, 1.54) is 0 Å². The normalized spacial score (nSPS) is 26.8. The lowest BCUT2D eigenvalue weighted by atomic mass is 9.88. The van der Waals surface area contributed by atoms with Crippen molar-refractivity contribution in [2.45, 2.75) is 12.5 Å². The molecule has 4 N–H and O–H groups in total. The van der Waals surface area contributed by atoms with Gasteiger partial charge in [-0.3, -0.25) is 9.48 Å². The van der Waals surface area contributed by atoms with Crippen molar-refractivity contribution in [2.24, 2.45) is 30.5 Å². The van der Waals surface area contributed by atoms with E-state index in [2.05, 4.69) is 31.8 Å². The van der Waals surface area contributed by atoms with E-state index < -0.39 is 5.82 Å². The molecule has 4 atom stereocenters. The molecule has 1 saturated carbocycles. The quantitative estimate of drug-likeness (QED) is 0.703. The van der Waals surface area contributed by atoms with Gasteiger partial charge in [0.15, 0.2) is 11.6 Å². The van der Waals surface area contributed by atoms with Crippen LogP contribution in [0.2, 0.25) is 0 Å². The third kappa shape index (κ3) is 2.81. The van der Waals surface area contributed by atoms with E-state index in [0.29, 0.717) is 5.69 Å². The summed E-state index contributed by atoms with van der Waals surface area (Å²) in [6.07, 6.45) is 9.38. The molecule has 0 aliphatic heterocycles. The zero-order chi connectivity index (χ0) is 17.6. The first kappa shape index (κ1) is 15.6. The maximum atomic E-state index is 14.2. The van der Waals surface area contributed by atoms with Gasteiger partial charge in [0.25, 0.3) is 0 Å². The van der Waals surface area contributed by atoms with E-state index in [0.717, 1.165) is 12.6 Å². The summed E-state index contributed by atoms with van der Waals surface area (Å²) in [5, 5.41) is 10.1. The highest BCUT2D eigenvalue weighted by Gasteiger charge is 2.47. The van der Waals surface area contributed by atoms with Crippen LogP contribution in [0.1, 0.15) is 6.42 Å². The summed E-state index contributed by atoms with van der Waals surface area (Å²) in [6.45, 7) is 0. The maximum Gasteiger partial charge on any atom is 0.229 e. The molecule has 2 heterocycles. The topological polar surface area (TPSA) is 111 Å². The molecule has 25 heavy (non-hydrogen) atoms. The third-order valence-corrected chi connectivity index (χ3v) is 4.80. The second kappa shape index (κ2) is 5.83. The van der Waals surface area contributed by atoms with Gasteiger partial charge in [0.2, 0.25) is 11.9 Å². The second-order valence-electron chi connectivity index (χ2n) is 6.46. The number of aromatic nitrogens is 4. The molecule has 8 nitrogen and oxygen atoms in total. The Labute approximate surface area is 143 Å². The third-order valence-electron chi connectivity index (χ3n) is 4.80. The van der Waals surface area contributed by atoms with Crippen LogP contribution in [-0.2, 0) is 11.8 Å².